The lowest BCUT2D eigenvalue weighted by molar-refractivity contribution is -0.141. The molecule has 1 aliphatic rings. The van der Waals surface area contributed by atoms with Gasteiger partial charge in [-0.1, -0.05) is 29.8 Å². The van der Waals surface area contributed by atoms with E-state index >= 15 is 0 Å². The van der Waals surface area contributed by atoms with Gasteiger partial charge in [-0.2, -0.15) is 4.31 Å². The number of amides is 1. The van der Waals surface area contributed by atoms with Gasteiger partial charge in [0, 0.05) is 26.1 Å². The molecule has 1 unspecified atom stereocenters. The summed E-state index contributed by atoms with van der Waals surface area (Å²) in [5.74, 6) is -1.25. The molecule has 2 rings (SSSR count). The molecular weight excluding hydrogens is 372 g/mol. The van der Waals surface area contributed by atoms with Gasteiger partial charge >= 0.3 is 5.97 Å². The molecule has 0 aliphatic carbocycles. The number of carbonyl (C=O) groups excluding carboxylic acids is 1. The number of morpholine rings is 1. The van der Waals surface area contributed by atoms with Crippen molar-refractivity contribution in [3.05, 3.63) is 35.4 Å². The summed E-state index contributed by atoms with van der Waals surface area (Å²) in [6, 6.07) is 8.01. The molecule has 9 heteroatoms. The van der Waals surface area contributed by atoms with Crippen LogP contribution in [-0.4, -0.2) is 79.8 Å². The van der Waals surface area contributed by atoms with Crippen LogP contribution in [0, 0.1) is 6.92 Å². The van der Waals surface area contributed by atoms with Crippen LogP contribution in [0.1, 0.15) is 17.5 Å². The second-order valence-electron chi connectivity index (χ2n) is 6.77. The molecule has 150 valence electrons. The van der Waals surface area contributed by atoms with Gasteiger partial charge in [0.2, 0.25) is 15.9 Å². The smallest absolute Gasteiger partial charge is 0.318 e. The molecule has 0 radical (unpaired) electrons. The molecule has 8 nitrogen and oxygen atoms in total. The summed E-state index contributed by atoms with van der Waals surface area (Å²) < 4.78 is 29.9. The van der Waals surface area contributed by atoms with Crippen LogP contribution < -0.4 is 0 Å². The number of aliphatic carboxylic acids is 1. The van der Waals surface area contributed by atoms with Gasteiger partial charge in [0.25, 0.3) is 0 Å². The Morgan fingerprint density at radius 1 is 1.30 bits per heavy atom. The Labute approximate surface area is 159 Å². The number of ether oxygens (including phenoxy) is 1. The number of carboxylic acid groups (broad SMARTS) is 1. The fourth-order valence-corrected chi connectivity index (χ4v) is 3.70. The lowest BCUT2D eigenvalue weighted by Gasteiger charge is -2.35. The molecule has 27 heavy (non-hydrogen) atoms. The number of hydrogen-bond acceptors (Lipinski definition) is 5. The van der Waals surface area contributed by atoms with E-state index in [1.54, 1.807) is 4.90 Å². The van der Waals surface area contributed by atoms with Gasteiger partial charge in [0.05, 0.1) is 19.0 Å². The lowest BCUT2D eigenvalue weighted by Crippen LogP contribution is -2.51. The van der Waals surface area contributed by atoms with Crippen LogP contribution in [0.2, 0.25) is 0 Å². The number of rotatable bonds is 8. The molecule has 0 bridgehead atoms. The van der Waals surface area contributed by atoms with Crippen LogP contribution in [0.25, 0.3) is 0 Å². The number of sulfonamides is 1. The Balaban J connectivity index is 1.90. The highest BCUT2D eigenvalue weighted by atomic mass is 32.2. The zero-order valence-electron chi connectivity index (χ0n) is 15.6. The van der Waals surface area contributed by atoms with Gasteiger partial charge in [-0.3, -0.25) is 9.59 Å². The second kappa shape index (κ2) is 9.29. The van der Waals surface area contributed by atoms with Gasteiger partial charge in [0.15, 0.2) is 0 Å². The average Bonchev–Trinajstić information content (AvgIpc) is 2.59. The molecule has 0 saturated carbocycles. The third kappa shape index (κ3) is 6.93. The van der Waals surface area contributed by atoms with E-state index in [2.05, 4.69) is 0 Å². The van der Waals surface area contributed by atoms with Crippen LogP contribution in [0.15, 0.2) is 24.3 Å². The number of carbonyl (C=O) groups is 2. The zero-order chi connectivity index (χ0) is 20.0. The maximum atomic E-state index is 12.5. The van der Waals surface area contributed by atoms with E-state index < -0.39 is 28.6 Å². The fraction of sp³-hybridized carbons (Fsp3) is 0.556. The quantitative estimate of drug-likeness (QED) is 0.684. The molecule has 1 N–H and O–H groups in total. The molecule has 1 aromatic carbocycles. The van der Waals surface area contributed by atoms with E-state index in [4.69, 9.17) is 9.84 Å². The van der Waals surface area contributed by atoms with Crippen molar-refractivity contribution in [3.8, 4) is 0 Å². The highest BCUT2D eigenvalue weighted by Gasteiger charge is 2.29. The third-order valence-corrected chi connectivity index (χ3v) is 5.64. The van der Waals surface area contributed by atoms with E-state index in [1.807, 2.05) is 31.2 Å². The Hall–Kier alpha value is -1.97. The first kappa shape index (κ1) is 21.3. The molecule has 1 aromatic rings. The number of carboxylic acids is 1. The van der Waals surface area contributed by atoms with Gasteiger partial charge in [-0.15, -0.1) is 0 Å². The first-order valence-corrected chi connectivity index (χ1v) is 10.6. The second-order valence-corrected chi connectivity index (χ2v) is 8.75. The standard InChI is InChI=1S/C18H26N2O6S/c1-14-3-5-15(6-4-14)7-8-17(21)19-9-10-26-16(11-19)12-20(13-18(22)23)27(2,24)25/h3-6,16H,7-13H2,1-2H3,(H,22,23). The molecule has 0 aromatic heterocycles. The van der Waals surface area contributed by atoms with Crippen LogP contribution in [0.5, 0.6) is 0 Å². The molecular formula is C18H26N2O6S. The van der Waals surface area contributed by atoms with E-state index in [-0.39, 0.29) is 19.0 Å². The predicted octanol–water partition coefficient (Wildman–Crippen LogP) is 0.501. The fourth-order valence-electron chi connectivity index (χ4n) is 2.92. The van der Waals surface area contributed by atoms with Crippen LogP contribution in [0.3, 0.4) is 0 Å². The normalized spacial score (nSPS) is 17.9. The summed E-state index contributed by atoms with van der Waals surface area (Å²) in [6.45, 7) is 2.28. The van der Waals surface area contributed by atoms with Crippen LogP contribution in [-0.2, 0) is 30.8 Å². The van der Waals surface area contributed by atoms with Gasteiger partial charge < -0.3 is 14.7 Å². The Bertz CT molecular complexity index is 763. The minimum atomic E-state index is -3.68. The highest BCUT2D eigenvalue weighted by molar-refractivity contribution is 7.88. The van der Waals surface area contributed by atoms with Gasteiger partial charge in [-0.05, 0) is 18.9 Å². The van der Waals surface area contributed by atoms with Crippen molar-refractivity contribution in [1.29, 1.82) is 0 Å². The van der Waals surface area contributed by atoms with Crippen molar-refractivity contribution in [2.75, 3.05) is 39.0 Å². The monoisotopic (exact) mass is 398 g/mol. The first-order valence-electron chi connectivity index (χ1n) is 8.77. The maximum absolute atomic E-state index is 12.5. The SMILES string of the molecule is Cc1ccc(CCC(=O)N2CCOC(CN(CC(=O)O)S(C)(=O)=O)C2)cc1. The van der Waals surface area contributed by atoms with Crippen molar-refractivity contribution in [3.63, 3.8) is 0 Å². The molecule has 1 saturated heterocycles. The van der Waals surface area contributed by atoms with Crippen molar-refractivity contribution >= 4 is 21.9 Å². The van der Waals surface area contributed by atoms with Gasteiger partial charge in [-0.25, -0.2) is 8.42 Å². The Morgan fingerprint density at radius 2 is 1.96 bits per heavy atom. The first-order chi connectivity index (χ1) is 12.6. The molecule has 1 heterocycles. The minimum Gasteiger partial charge on any atom is -0.480 e. The maximum Gasteiger partial charge on any atom is 0.318 e. The number of hydrogen-bond donors (Lipinski definition) is 1. The van der Waals surface area contributed by atoms with Crippen molar-refractivity contribution in [1.82, 2.24) is 9.21 Å². The van der Waals surface area contributed by atoms with E-state index in [1.165, 1.54) is 0 Å². The summed E-state index contributed by atoms with van der Waals surface area (Å²) >= 11 is 0. The Morgan fingerprint density at radius 3 is 2.56 bits per heavy atom. The summed E-state index contributed by atoms with van der Waals surface area (Å²) in [4.78, 5) is 25.0. The summed E-state index contributed by atoms with van der Waals surface area (Å²) in [6.07, 6.45) is 1.41. The summed E-state index contributed by atoms with van der Waals surface area (Å²) in [5.41, 5.74) is 2.25. The van der Waals surface area contributed by atoms with E-state index in [9.17, 15) is 18.0 Å². The van der Waals surface area contributed by atoms with Crippen molar-refractivity contribution in [2.24, 2.45) is 0 Å². The van der Waals surface area contributed by atoms with Crippen LogP contribution >= 0.6 is 0 Å². The highest BCUT2D eigenvalue weighted by Crippen LogP contribution is 2.12. The van der Waals surface area contributed by atoms with Crippen LogP contribution in [0.4, 0.5) is 0 Å². The molecule has 1 fully saturated rings. The minimum absolute atomic E-state index is 0.0204. The molecule has 1 aliphatic heterocycles. The Kier molecular flexibility index (Phi) is 7.34. The van der Waals surface area contributed by atoms with Crippen molar-refractivity contribution in [2.45, 2.75) is 25.9 Å². The largest absolute Gasteiger partial charge is 0.480 e. The third-order valence-electron chi connectivity index (χ3n) is 4.43. The molecule has 0 spiro atoms. The number of aryl methyl sites for hydroxylation is 2. The number of nitrogens with zero attached hydrogens (tertiary/aromatic N) is 2. The van der Waals surface area contributed by atoms with Crippen molar-refractivity contribution < 1.29 is 27.9 Å². The topological polar surface area (TPSA) is 104 Å². The average molecular weight is 398 g/mol. The molecule has 1 amide bonds. The molecule has 1 atom stereocenters. The zero-order valence-corrected chi connectivity index (χ0v) is 16.4. The lowest BCUT2D eigenvalue weighted by atomic mass is 10.1. The summed E-state index contributed by atoms with van der Waals surface area (Å²) in [5, 5.41) is 8.90. The van der Waals surface area contributed by atoms with E-state index in [0.717, 1.165) is 21.7 Å². The van der Waals surface area contributed by atoms with Gasteiger partial charge in [0.1, 0.15) is 6.54 Å². The number of benzene rings is 1. The van der Waals surface area contributed by atoms with E-state index in [0.29, 0.717) is 26.0 Å². The predicted molar refractivity (Wildman–Crippen MR) is 99.9 cm³/mol. The summed E-state index contributed by atoms with van der Waals surface area (Å²) in [7, 11) is -3.68.